The fourth-order valence-electron chi connectivity index (χ4n) is 1.81. The first-order valence-corrected chi connectivity index (χ1v) is 7.99. The fourth-order valence-corrected chi connectivity index (χ4v) is 1.81. The molecule has 1 aromatic carbocycles. The summed E-state index contributed by atoms with van der Waals surface area (Å²) in [4.78, 5) is 56.8. The number of hydrogen-bond acceptors (Lipinski definition) is 9. The second-order valence-electron chi connectivity index (χ2n) is 5.23. The Morgan fingerprint density at radius 1 is 0.704 bits per heavy atom. The number of esters is 4. The van der Waals surface area contributed by atoms with Gasteiger partial charge in [-0.1, -0.05) is 0 Å². The summed E-state index contributed by atoms with van der Waals surface area (Å²) in [5, 5.41) is 0. The summed E-state index contributed by atoms with van der Waals surface area (Å²) >= 11 is 0. The number of carbonyl (C=O) groups is 5. The number of hydrogen-bond donors (Lipinski definition) is 0. The molecular formula is C18H20O9. The van der Waals surface area contributed by atoms with Crippen molar-refractivity contribution < 1.29 is 42.9 Å². The highest BCUT2D eigenvalue weighted by Gasteiger charge is 2.13. The number of benzene rings is 1. The van der Waals surface area contributed by atoms with Gasteiger partial charge in [-0.25, -0.2) is 0 Å². The van der Waals surface area contributed by atoms with Crippen molar-refractivity contribution in [1.29, 1.82) is 0 Å². The highest BCUT2D eigenvalue weighted by Crippen LogP contribution is 2.14. The van der Waals surface area contributed by atoms with Crippen LogP contribution in [-0.4, -0.2) is 50.5 Å². The molecule has 0 aliphatic heterocycles. The smallest absolute Gasteiger partial charge is 0.311 e. The van der Waals surface area contributed by atoms with Crippen molar-refractivity contribution in [3.63, 3.8) is 0 Å². The van der Waals surface area contributed by atoms with Crippen LogP contribution in [0.4, 0.5) is 0 Å². The van der Waals surface area contributed by atoms with E-state index in [1.807, 2.05) is 0 Å². The molecule has 0 bridgehead atoms. The van der Waals surface area contributed by atoms with Gasteiger partial charge in [0.15, 0.2) is 12.4 Å². The Hall–Kier alpha value is -3.23. The minimum Gasteiger partial charge on any atom is -0.469 e. The molecule has 0 unspecified atom stereocenters. The standard InChI is InChI=1S/C18H20O9/c1-24-15(20)7-9-17(22)26-11-14(19)12-3-5-13(6-4-12)27-18(23)10-8-16(21)25-2/h3-6H,7-11H2,1-2H3. The molecule has 0 saturated carbocycles. The van der Waals surface area contributed by atoms with E-state index in [9.17, 15) is 24.0 Å². The maximum atomic E-state index is 12.0. The van der Waals surface area contributed by atoms with E-state index in [0.29, 0.717) is 0 Å². The molecule has 0 aliphatic carbocycles. The lowest BCUT2D eigenvalue weighted by Crippen LogP contribution is -2.15. The lowest BCUT2D eigenvalue weighted by Gasteiger charge is -2.06. The number of rotatable bonds is 10. The predicted octanol–water partition coefficient (Wildman–Crippen LogP) is 1.22. The molecule has 0 fully saturated rings. The van der Waals surface area contributed by atoms with Gasteiger partial charge in [0.1, 0.15) is 5.75 Å². The summed E-state index contributed by atoms with van der Waals surface area (Å²) in [6.07, 6.45) is -0.526. The van der Waals surface area contributed by atoms with Crippen molar-refractivity contribution in [1.82, 2.24) is 0 Å². The van der Waals surface area contributed by atoms with Crippen molar-refractivity contribution in [3.05, 3.63) is 29.8 Å². The molecule has 1 aromatic rings. The van der Waals surface area contributed by atoms with E-state index in [1.54, 1.807) is 0 Å². The van der Waals surface area contributed by atoms with Gasteiger partial charge in [-0.3, -0.25) is 24.0 Å². The summed E-state index contributed by atoms with van der Waals surface area (Å²) in [5.74, 6) is -2.62. The largest absolute Gasteiger partial charge is 0.469 e. The molecule has 0 amide bonds. The zero-order valence-electron chi connectivity index (χ0n) is 15.0. The lowest BCUT2D eigenvalue weighted by atomic mass is 10.1. The van der Waals surface area contributed by atoms with Gasteiger partial charge >= 0.3 is 23.9 Å². The predicted molar refractivity (Wildman–Crippen MR) is 89.9 cm³/mol. The van der Waals surface area contributed by atoms with E-state index < -0.39 is 36.3 Å². The van der Waals surface area contributed by atoms with E-state index in [-0.39, 0.29) is 37.0 Å². The molecule has 0 saturated heterocycles. The van der Waals surface area contributed by atoms with Crippen LogP contribution < -0.4 is 4.74 Å². The van der Waals surface area contributed by atoms with Crippen LogP contribution in [0, 0.1) is 0 Å². The summed E-state index contributed by atoms with van der Waals surface area (Å²) in [6, 6.07) is 5.63. The van der Waals surface area contributed by atoms with Gasteiger partial charge in [-0.2, -0.15) is 0 Å². The first-order chi connectivity index (χ1) is 12.8. The van der Waals surface area contributed by atoms with Gasteiger partial charge in [0, 0.05) is 5.56 Å². The van der Waals surface area contributed by atoms with Gasteiger partial charge in [-0.15, -0.1) is 0 Å². The van der Waals surface area contributed by atoms with E-state index in [0.717, 1.165) is 0 Å². The molecule has 0 radical (unpaired) electrons. The summed E-state index contributed by atoms with van der Waals surface area (Å²) in [7, 11) is 2.43. The highest BCUT2D eigenvalue weighted by atomic mass is 16.5. The van der Waals surface area contributed by atoms with Crippen LogP contribution in [0.3, 0.4) is 0 Å². The summed E-state index contributed by atoms with van der Waals surface area (Å²) in [5.41, 5.74) is 0.255. The van der Waals surface area contributed by atoms with Gasteiger partial charge < -0.3 is 18.9 Å². The van der Waals surface area contributed by atoms with Crippen LogP contribution >= 0.6 is 0 Å². The second-order valence-corrected chi connectivity index (χ2v) is 5.23. The zero-order valence-corrected chi connectivity index (χ0v) is 15.0. The van der Waals surface area contributed by atoms with Gasteiger partial charge in [0.2, 0.25) is 0 Å². The van der Waals surface area contributed by atoms with Crippen LogP contribution in [0.15, 0.2) is 24.3 Å². The van der Waals surface area contributed by atoms with Gasteiger partial charge in [0.25, 0.3) is 0 Å². The normalized spacial score (nSPS) is 9.85. The average molecular weight is 380 g/mol. The number of ether oxygens (including phenoxy) is 4. The Kier molecular flexibility index (Phi) is 9.21. The Bertz CT molecular complexity index is 691. The lowest BCUT2D eigenvalue weighted by molar-refractivity contribution is -0.148. The van der Waals surface area contributed by atoms with E-state index in [4.69, 9.17) is 9.47 Å². The Morgan fingerprint density at radius 2 is 1.19 bits per heavy atom. The summed E-state index contributed by atoms with van der Waals surface area (Å²) < 4.78 is 18.6. The van der Waals surface area contributed by atoms with Gasteiger partial charge in [-0.05, 0) is 24.3 Å². The third-order valence-electron chi connectivity index (χ3n) is 3.29. The van der Waals surface area contributed by atoms with Crippen LogP contribution in [0.5, 0.6) is 5.75 Å². The maximum Gasteiger partial charge on any atom is 0.311 e. The van der Waals surface area contributed by atoms with Crippen molar-refractivity contribution in [2.24, 2.45) is 0 Å². The molecule has 0 aliphatic rings. The molecule has 0 aromatic heterocycles. The molecule has 0 heterocycles. The van der Waals surface area contributed by atoms with E-state index >= 15 is 0 Å². The fraction of sp³-hybridized carbons (Fsp3) is 0.389. The average Bonchev–Trinajstić information content (AvgIpc) is 2.68. The van der Waals surface area contributed by atoms with Crippen molar-refractivity contribution in [2.45, 2.75) is 25.7 Å². The summed E-state index contributed by atoms with van der Waals surface area (Å²) in [6.45, 7) is -0.474. The molecule has 27 heavy (non-hydrogen) atoms. The van der Waals surface area contributed by atoms with Gasteiger partial charge in [0.05, 0.1) is 39.9 Å². The third kappa shape index (κ3) is 8.61. The molecule has 9 nitrogen and oxygen atoms in total. The second kappa shape index (κ2) is 11.4. The molecule has 146 valence electrons. The molecule has 0 N–H and O–H groups in total. The minimum atomic E-state index is -0.690. The van der Waals surface area contributed by atoms with Crippen LogP contribution in [0.2, 0.25) is 0 Å². The number of ketones is 1. The monoisotopic (exact) mass is 380 g/mol. The molecule has 0 atom stereocenters. The van der Waals surface area contributed by atoms with Crippen LogP contribution in [0.1, 0.15) is 36.0 Å². The number of carbonyl (C=O) groups excluding carboxylic acids is 5. The number of Topliss-reactive ketones (excluding diaryl/α,β-unsaturated/α-hetero) is 1. The Morgan fingerprint density at radius 3 is 1.70 bits per heavy atom. The molecule has 9 heteroatoms. The molecule has 1 rings (SSSR count). The highest BCUT2D eigenvalue weighted by molar-refractivity contribution is 5.98. The first kappa shape index (κ1) is 21.8. The maximum absolute atomic E-state index is 12.0. The van der Waals surface area contributed by atoms with Crippen molar-refractivity contribution in [2.75, 3.05) is 20.8 Å². The molecule has 0 spiro atoms. The number of methoxy groups -OCH3 is 2. The van der Waals surface area contributed by atoms with Crippen LogP contribution in [0.25, 0.3) is 0 Å². The SMILES string of the molecule is COC(=O)CCC(=O)OCC(=O)c1ccc(OC(=O)CCC(=O)OC)cc1. The van der Waals surface area contributed by atoms with E-state index in [2.05, 4.69) is 9.47 Å². The first-order valence-electron chi connectivity index (χ1n) is 7.99. The quantitative estimate of drug-likeness (QED) is 0.255. The van der Waals surface area contributed by atoms with Crippen molar-refractivity contribution in [3.8, 4) is 5.75 Å². The van der Waals surface area contributed by atoms with Crippen LogP contribution in [-0.2, 0) is 33.4 Å². The molecular weight excluding hydrogens is 360 g/mol. The Balaban J connectivity index is 2.42. The van der Waals surface area contributed by atoms with Crippen molar-refractivity contribution >= 4 is 29.7 Å². The Labute approximate surface area is 155 Å². The topological polar surface area (TPSA) is 122 Å². The van der Waals surface area contributed by atoms with E-state index in [1.165, 1.54) is 38.5 Å². The third-order valence-corrected chi connectivity index (χ3v) is 3.29. The zero-order chi connectivity index (χ0) is 20.2. The minimum absolute atomic E-state index is 0.0900.